The topological polar surface area (TPSA) is 122 Å². The van der Waals surface area contributed by atoms with Crippen molar-refractivity contribution in [2.24, 2.45) is 7.05 Å². The van der Waals surface area contributed by atoms with E-state index in [0.717, 1.165) is 0 Å². The summed E-state index contributed by atoms with van der Waals surface area (Å²) in [5.74, 6) is 1.36. The number of benzene rings is 1. The molecular formula is C20H21N9O2S. The van der Waals surface area contributed by atoms with Crippen LogP contribution in [0.4, 0.5) is 17.6 Å². The number of hydrogen-bond donors (Lipinski definition) is 1. The number of aromatic nitrogens is 6. The van der Waals surface area contributed by atoms with Crippen LogP contribution in [0.5, 0.6) is 0 Å². The van der Waals surface area contributed by atoms with Gasteiger partial charge in [-0.25, -0.2) is 28.4 Å². The van der Waals surface area contributed by atoms with Gasteiger partial charge >= 0.3 is 0 Å². The van der Waals surface area contributed by atoms with E-state index in [4.69, 9.17) is 4.98 Å². The molecular weight excluding hydrogens is 430 g/mol. The molecule has 0 amide bonds. The molecule has 4 aromatic rings. The molecule has 3 aromatic heterocycles. The van der Waals surface area contributed by atoms with Gasteiger partial charge in [-0.1, -0.05) is 12.1 Å². The van der Waals surface area contributed by atoms with Crippen molar-refractivity contribution >= 4 is 38.6 Å². The van der Waals surface area contributed by atoms with Crippen LogP contribution in [0.15, 0.2) is 60.0 Å². The quantitative estimate of drug-likeness (QED) is 0.478. The van der Waals surface area contributed by atoms with E-state index in [1.807, 2.05) is 23.1 Å². The Hall–Kier alpha value is -3.80. The van der Waals surface area contributed by atoms with Gasteiger partial charge in [0.25, 0.3) is 10.0 Å². The van der Waals surface area contributed by atoms with E-state index in [2.05, 4.69) is 29.7 Å². The number of sulfonamides is 1. The summed E-state index contributed by atoms with van der Waals surface area (Å²) in [6, 6.07) is 9.17. The fraction of sp³-hybridized carbons (Fsp3) is 0.250. The molecule has 1 aromatic carbocycles. The molecule has 0 aliphatic carbocycles. The first-order chi connectivity index (χ1) is 15.5. The zero-order valence-corrected chi connectivity index (χ0v) is 18.1. The number of anilines is 3. The molecule has 11 nitrogen and oxygen atoms in total. The average Bonchev–Trinajstić information content (AvgIpc) is 3.26. The Morgan fingerprint density at radius 1 is 0.906 bits per heavy atom. The fourth-order valence-corrected chi connectivity index (χ4v) is 4.56. The average molecular weight is 452 g/mol. The second-order valence-electron chi connectivity index (χ2n) is 7.36. The van der Waals surface area contributed by atoms with E-state index in [0.29, 0.717) is 49.0 Å². The van der Waals surface area contributed by atoms with Gasteiger partial charge in [-0.3, -0.25) is 9.40 Å². The molecule has 0 atom stereocenters. The number of nitrogens with one attached hydrogen (secondary N) is 1. The van der Waals surface area contributed by atoms with E-state index in [1.54, 1.807) is 31.6 Å². The Labute approximate surface area is 184 Å². The van der Waals surface area contributed by atoms with Crippen LogP contribution in [0.3, 0.4) is 0 Å². The zero-order chi connectivity index (χ0) is 22.1. The maximum atomic E-state index is 12.9. The van der Waals surface area contributed by atoms with Gasteiger partial charge in [0.1, 0.15) is 4.90 Å². The highest BCUT2D eigenvalue weighted by molar-refractivity contribution is 7.92. The first kappa shape index (κ1) is 20.1. The van der Waals surface area contributed by atoms with Crippen molar-refractivity contribution in [3.05, 3.63) is 55.1 Å². The highest BCUT2D eigenvalue weighted by atomic mass is 32.2. The predicted molar refractivity (Wildman–Crippen MR) is 120 cm³/mol. The van der Waals surface area contributed by atoms with Crippen LogP contribution in [0.25, 0.3) is 11.0 Å². The van der Waals surface area contributed by atoms with Gasteiger partial charge in [0, 0.05) is 51.8 Å². The summed E-state index contributed by atoms with van der Waals surface area (Å²) in [5.41, 5.74) is 1.30. The molecule has 1 aliphatic rings. The smallest absolute Gasteiger partial charge is 0.266 e. The summed E-state index contributed by atoms with van der Waals surface area (Å²) >= 11 is 0. The van der Waals surface area contributed by atoms with Gasteiger partial charge in [-0.15, -0.1) is 0 Å². The third kappa shape index (κ3) is 3.91. The van der Waals surface area contributed by atoms with Crippen molar-refractivity contribution in [1.29, 1.82) is 0 Å². The minimum Gasteiger partial charge on any atom is -0.350 e. The van der Waals surface area contributed by atoms with Crippen molar-refractivity contribution in [1.82, 2.24) is 29.7 Å². The Balaban J connectivity index is 1.47. The molecule has 4 heterocycles. The highest BCUT2D eigenvalue weighted by Gasteiger charge is 2.26. The maximum Gasteiger partial charge on any atom is 0.266 e. The molecule has 0 spiro atoms. The highest BCUT2D eigenvalue weighted by Crippen LogP contribution is 2.28. The zero-order valence-electron chi connectivity index (χ0n) is 17.3. The van der Waals surface area contributed by atoms with Crippen molar-refractivity contribution in [3.63, 3.8) is 0 Å². The van der Waals surface area contributed by atoms with Gasteiger partial charge in [0.15, 0.2) is 11.6 Å². The van der Waals surface area contributed by atoms with Gasteiger partial charge in [0.2, 0.25) is 5.95 Å². The molecule has 0 bridgehead atoms. The number of para-hydroxylation sites is 2. The molecule has 1 saturated heterocycles. The van der Waals surface area contributed by atoms with E-state index in [9.17, 15) is 8.42 Å². The van der Waals surface area contributed by atoms with Crippen molar-refractivity contribution in [2.45, 2.75) is 4.90 Å². The van der Waals surface area contributed by atoms with Crippen molar-refractivity contribution in [2.75, 3.05) is 40.7 Å². The van der Waals surface area contributed by atoms with E-state index in [-0.39, 0.29) is 10.7 Å². The number of aryl methyl sites for hydroxylation is 1. The Bertz CT molecular complexity index is 1350. The van der Waals surface area contributed by atoms with E-state index >= 15 is 0 Å². The molecule has 0 unspecified atom stereocenters. The first-order valence-electron chi connectivity index (χ1n) is 10.0. The molecule has 32 heavy (non-hydrogen) atoms. The number of piperazine rings is 1. The lowest BCUT2D eigenvalue weighted by atomic mass is 10.3. The Morgan fingerprint density at radius 3 is 2.22 bits per heavy atom. The van der Waals surface area contributed by atoms with Crippen LogP contribution in [-0.2, 0) is 17.1 Å². The van der Waals surface area contributed by atoms with Gasteiger partial charge in [-0.05, 0) is 18.2 Å². The third-order valence-corrected chi connectivity index (χ3v) is 6.48. The minimum atomic E-state index is -3.87. The normalized spacial score (nSPS) is 14.7. The van der Waals surface area contributed by atoms with Crippen LogP contribution in [0, 0.1) is 0 Å². The summed E-state index contributed by atoms with van der Waals surface area (Å²) in [4.78, 5) is 22.1. The fourth-order valence-electron chi connectivity index (χ4n) is 3.58. The van der Waals surface area contributed by atoms with Gasteiger partial charge in [-0.2, -0.15) is 5.10 Å². The third-order valence-electron chi connectivity index (χ3n) is 5.19. The molecule has 0 saturated carbocycles. The van der Waals surface area contributed by atoms with Crippen LogP contribution < -0.4 is 14.5 Å². The SMILES string of the molecule is Cn1cc(S(=O)(=O)Nc2nc3ccccc3nc2N2CCN(c3ncccn3)CC2)cn1. The van der Waals surface area contributed by atoms with Crippen molar-refractivity contribution < 1.29 is 8.42 Å². The second-order valence-corrected chi connectivity index (χ2v) is 9.05. The lowest BCUT2D eigenvalue weighted by Gasteiger charge is -2.35. The Kier molecular flexibility index (Phi) is 5.05. The molecule has 12 heteroatoms. The number of hydrogen-bond acceptors (Lipinski definition) is 9. The van der Waals surface area contributed by atoms with Crippen LogP contribution in [0.1, 0.15) is 0 Å². The summed E-state index contributed by atoms with van der Waals surface area (Å²) in [6.07, 6.45) is 6.17. The van der Waals surface area contributed by atoms with E-state index in [1.165, 1.54) is 17.1 Å². The lowest BCUT2D eigenvalue weighted by molar-refractivity contribution is 0.600. The summed E-state index contributed by atoms with van der Waals surface area (Å²) in [6.45, 7) is 2.58. The van der Waals surface area contributed by atoms with Crippen LogP contribution in [-0.4, -0.2) is 64.3 Å². The standard InChI is InChI=1S/C20H21N9O2S/c1-27-14-15(13-23-27)32(30,31)26-18-19(25-17-6-3-2-5-16(17)24-18)28-9-11-29(12-10-28)20-21-7-4-8-22-20/h2-8,13-14H,9-12H2,1H3,(H,24,26). The molecule has 0 radical (unpaired) electrons. The number of fused-ring (bicyclic) bond motifs is 1. The molecule has 1 N–H and O–H groups in total. The van der Waals surface area contributed by atoms with Crippen molar-refractivity contribution in [3.8, 4) is 0 Å². The summed E-state index contributed by atoms with van der Waals surface area (Å²) in [7, 11) is -2.21. The summed E-state index contributed by atoms with van der Waals surface area (Å²) < 4.78 is 29.9. The van der Waals surface area contributed by atoms with Gasteiger partial charge in [0.05, 0.1) is 17.2 Å². The molecule has 5 rings (SSSR count). The molecule has 164 valence electrons. The number of nitrogens with zero attached hydrogens (tertiary/aromatic N) is 8. The maximum absolute atomic E-state index is 12.9. The van der Waals surface area contributed by atoms with Crippen LogP contribution >= 0.6 is 0 Å². The monoisotopic (exact) mass is 451 g/mol. The van der Waals surface area contributed by atoms with Gasteiger partial charge < -0.3 is 9.80 Å². The first-order valence-corrected chi connectivity index (χ1v) is 11.5. The molecule has 1 fully saturated rings. The second kappa shape index (κ2) is 8.04. The largest absolute Gasteiger partial charge is 0.350 e. The Morgan fingerprint density at radius 2 is 1.56 bits per heavy atom. The number of rotatable bonds is 5. The minimum absolute atomic E-state index is 0.0620. The van der Waals surface area contributed by atoms with E-state index < -0.39 is 10.0 Å². The lowest BCUT2D eigenvalue weighted by Crippen LogP contribution is -2.47. The summed E-state index contributed by atoms with van der Waals surface area (Å²) in [5, 5.41) is 3.96. The predicted octanol–water partition coefficient (Wildman–Crippen LogP) is 1.28. The molecule has 1 aliphatic heterocycles. The van der Waals surface area contributed by atoms with Crippen LogP contribution in [0.2, 0.25) is 0 Å².